The second-order valence-corrected chi connectivity index (χ2v) is 4.79. The van der Waals surface area contributed by atoms with Crippen LogP contribution < -0.4 is 15.8 Å². The minimum Gasteiger partial charge on any atom is -0.495 e. The van der Waals surface area contributed by atoms with Gasteiger partial charge in [0.15, 0.2) is 0 Å². The van der Waals surface area contributed by atoms with E-state index in [0.717, 1.165) is 19.3 Å². The van der Waals surface area contributed by atoms with Crippen LogP contribution >= 0.6 is 0 Å². The van der Waals surface area contributed by atoms with Crippen molar-refractivity contribution in [1.82, 2.24) is 0 Å². The lowest BCUT2D eigenvalue weighted by Gasteiger charge is -2.13. The van der Waals surface area contributed by atoms with Gasteiger partial charge in [-0.2, -0.15) is 5.26 Å². The number of anilines is 1. The highest BCUT2D eigenvalue weighted by molar-refractivity contribution is 5.94. The van der Waals surface area contributed by atoms with E-state index < -0.39 is 0 Å². The molecule has 1 aromatic rings. The van der Waals surface area contributed by atoms with Crippen molar-refractivity contribution >= 4 is 11.6 Å². The van der Waals surface area contributed by atoms with Crippen LogP contribution in [0.3, 0.4) is 0 Å². The molecule has 3 N–H and O–H groups in total. The molecule has 0 saturated heterocycles. The van der Waals surface area contributed by atoms with E-state index in [1.54, 1.807) is 18.2 Å². The molecule has 1 saturated carbocycles. The van der Waals surface area contributed by atoms with Gasteiger partial charge >= 0.3 is 0 Å². The number of carbonyl (C=O) groups excluding carboxylic acids is 1. The van der Waals surface area contributed by atoms with Crippen LogP contribution in [0.15, 0.2) is 18.2 Å². The number of rotatable bonds is 3. The fraction of sp³-hybridized carbons (Fsp3) is 0.429. The third kappa shape index (κ3) is 3.04. The van der Waals surface area contributed by atoms with E-state index in [-0.39, 0.29) is 17.9 Å². The van der Waals surface area contributed by atoms with E-state index in [1.807, 2.05) is 6.07 Å². The first-order valence-electron chi connectivity index (χ1n) is 6.28. The normalized spacial score (nSPS) is 21.7. The van der Waals surface area contributed by atoms with Crippen LogP contribution in [0, 0.1) is 17.2 Å². The van der Waals surface area contributed by atoms with Crippen molar-refractivity contribution in [3.05, 3.63) is 23.8 Å². The van der Waals surface area contributed by atoms with Crippen molar-refractivity contribution in [3.63, 3.8) is 0 Å². The zero-order chi connectivity index (χ0) is 13.8. The smallest absolute Gasteiger partial charge is 0.227 e. The largest absolute Gasteiger partial charge is 0.495 e. The monoisotopic (exact) mass is 259 g/mol. The summed E-state index contributed by atoms with van der Waals surface area (Å²) < 4.78 is 5.18. The summed E-state index contributed by atoms with van der Waals surface area (Å²) in [6.07, 6.45) is 2.44. The van der Waals surface area contributed by atoms with E-state index in [1.165, 1.54) is 7.11 Å². The zero-order valence-corrected chi connectivity index (χ0v) is 10.8. The van der Waals surface area contributed by atoms with Crippen molar-refractivity contribution in [2.75, 3.05) is 12.4 Å². The molecule has 0 aromatic heterocycles. The van der Waals surface area contributed by atoms with E-state index in [2.05, 4.69) is 5.32 Å². The van der Waals surface area contributed by atoms with Crippen molar-refractivity contribution < 1.29 is 9.53 Å². The van der Waals surface area contributed by atoms with Gasteiger partial charge < -0.3 is 15.8 Å². The molecule has 5 heteroatoms. The van der Waals surface area contributed by atoms with Gasteiger partial charge in [0.1, 0.15) is 5.75 Å². The van der Waals surface area contributed by atoms with E-state index in [4.69, 9.17) is 15.7 Å². The molecule has 0 aliphatic heterocycles. The number of ether oxygens (including phenoxy) is 1. The van der Waals surface area contributed by atoms with Crippen molar-refractivity contribution in [3.8, 4) is 11.8 Å². The summed E-state index contributed by atoms with van der Waals surface area (Å²) in [6, 6.07) is 7.10. The van der Waals surface area contributed by atoms with Crippen LogP contribution in [-0.4, -0.2) is 19.1 Å². The number of benzene rings is 1. The molecule has 1 aromatic carbocycles. The van der Waals surface area contributed by atoms with Gasteiger partial charge in [-0.15, -0.1) is 0 Å². The zero-order valence-electron chi connectivity index (χ0n) is 10.8. The van der Waals surface area contributed by atoms with Crippen LogP contribution in [0.25, 0.3) is 0 Å². The summed E-state index contributed by atoms with van der Waals surface area (Å²) in [5.41, 5.74) is 6.90. The highest BCUT2D eigenvalue weighted by atomic mass is 16.5. The Morgan fingerprint density at radius 1 is 1.53 bits per heavy atom. The third-order valence-electron chi connectivity index (χ3n) is 3.43. The van der Waals surface area contributed by atoms with Gasteiger partial charge in [0.05, 0.1) is 24.4 Å². The molecule has 1 aliphatic carbocycles. The Bertz CT molecular complexity index is 522. The standard InChI is InChI=1S/C14H17N3O2/c1-19-13-6-9(8-15)2-5-12(13)17-14(18)10-3-4-11(16)7-10/h2,5-6,10-11H,3-4,7,16H2,1H3,(H,17,18). The molecule has 0 radical (unpaired) electrons. The molecule has 0 spiro atoms. The molecule has 19 heavy (non-hydrogen) atoms. The molecule has 100 valence electrons. The quantitative estimate of drug-likeness (QED) is 0.863. The lowest BCUT2D eigenvalue weighted by molar-refractivity contribution is -0.119. The Balaban J connectivity index is 2.10. The molecule has 1 amide bonds. The van der Waals surface area contributed by atoms with Gasteiger partial charge in [-0.3, -0.25) is 4.79 Å². The number of methoxy groups -OCH3 is 1. The fourth-order valence-electron chi connectivity index (χ4n) is 2.35. The molecule has 2 rings (SSSR count). The predicted molar refractivity (Wildman–Crippen MR) is 71.7 cm³/mol. The molecule has 0 heterocycles. The second kappa shape index (κ2) is 5.72. The number of hydrogen-bond donors (Lipinski definition) is 2. The molecule has 0 bridgehead atoms. The summed E-state index contributed by atoms with van der Waals surface area (Å²) in [5.74, 6) is 0.431. The number of nitrogens with zero attached hydrogens (tertiary/aromatic N) is 1. The molecular formula is C14H17N3O2. The lowest BCUT2D eigenvalue weighted by Crippen LogP contribution is -2.23. The Hall–Kier alpha value is -2.06. The van der Waals surface area contributed by atoms with E-state index in [0.29, 0.717) is 17.0 Å². The lowest BCUT2D eigenvalue weighted by atomic mass is 10.1. The first-order chi connectivity index (χ1) is 9.13. The second-order valence-electron chi connectivity index (χ2n) is 4.79. The van der Waals surface area contributed by atoms with Crippen LogP contribution in [0.1, 0.15) is 24.8 Å². The minimum absolute atomic E-state index is 0.0315. The molecule has 5 nitrogen and oxygen atoms in total. The third-order valence-corrected chi connectivity index (χ3v) is 3.43. The maximum absolute atomic E-state index is 12.1. The van der Waals surface area contributed by atoms with Gasteiger partial charge in [0.25, 0.3) is 0 Å². The predicted octanol–water partition coefficient (Wildman–Crippen LogP) is 1.63. The number of nitrogens with one attached hydrogen (secondary N) is 1. The molecular weight excluding hydrogens is 242 g/mol. The van der Waals surface area contributed by atoms with Crippen molar-refractivity contribution in [2.45, 2.75) is 25.3 Å². The number of nitrogens with two attached hydrogens (primary N) is 1. The van der Waals surface area contributed by atoms with Crippen LogP contribution in [0.4, 0.5) is 5.69 Å². The number of amides is 1. The number of carbonyl (C=O) groups is 1. The maximum Gasteiger partial charge on any atom is 0.227 e. The Labute approximate surface area is 112 Å². The maximum atomic E-state index is 12.1. The molecule has 2 atom stereocenters. The first-order valence-corrected chi connectivity index (χ1v) is 6.28. The van der Waals surface area contributed by atoms with Gasteiger partial charge in [-0.1, -0.05) is 0 Å². The minimum atomic E-state index is -0.0321. The Morgan fingerprint density at radius 2 is 2.32 bits per heavy atom. The summed E-state index contributed by atoms with van der Waals surface area (Å²) in [6.45, 7) is 0. The Morgan fingerprint density at radius 3 is 2.89 bits per heavy atom. The van der Waals surface area contributed by atoms with Gasteiger partial charge in [0, 0.05) is 18.0 Å². The van der Waals surface area contributed by atoms with E-state index in [9.17, 15) is 4.79 Å². The van der Waals surface area contributed by atoms with Crippen LogP contribution in [-0.2, 0) is 4.79 Å². The van der Waals surface area contributed by atoms with Crippen molar-refractivity contribution in [1.29, 1.82) is 5.26 Å². The Kier molecular flexibility index (Phi) is 4.03. The average molecular weight is 259 g/mol. The molecule has 2 unspecified atom stereocenters. The highest BCUT2D eigenvalue weighted by Crippen LogP contribution is 2.29. The SMILES string of the molecule is COc1cc(C#N)ccc1NC(=O)C1CCC(N)C1. The fourth-order valence-corrected chi connectivity index (χ4v) is 2.35. The van der Waals surface area contributed by atoms with Crippen LogP contribution in [0.2, 0.25) is 0 Å². The summed E-state index contributed by atoms with van der Waals surface area (Å²) in [5, 5.41) is 11.7. The topological polar surface area (TPSA) is 88.1 Å². The van der Waals surface area contributed by atoms with Crippen LogP contribution in [0.5, 0.6) is 5.75 Å². The van der Waals surface area contributed by atoms with Gasteiger partial charge in [-0.05, 0) is 31.4 Å². The van der Waals surface area contributed by atoms with Gasteiger partial charge in [-0.25, -0.2) is 0 Å². The summed E-state index contributed by atoms with van der Waals surface area (Å²) >= 11 is 0. The average Bonchev–Trinajstić information content (AvgIpc) is 2.86. The van der Waals surface area contributed by atoms with E-state index >= 15 is 0 Å². The molecule has 1 aliphatic rings. The number of nitriles is 1. The van der Waals surface area contributed by atoms with Gasteiger partial charge in [0.2, 0.25) is 5.91 Å². The highest BCUT2D eigenvalue weighted by Gasteiger charge is 2.28. The molecule has 1 fully saturated rings. The summed E-state index contributed by atoms with van der Waals surface area (Å²) in [4.78, 5) is 12.1. The number of hydrogen-bond acceptors (Lipinski definition) is 4. The first kappa shape index (κ1) is 13.4. The van der Waals surface area contributed by atoms with Crippen molar-refractivity contribution in [2.24, 2.45) is 11.7 Å². The summed E-state index contributed by atoms with van der Waals surface area (Å²) in [7, 11) is 1.51.